The SMILES string of the molecule is C[C@H](O)C1=CC=C[C@H](O)[C@@H]1O. The Kier molecular flexibility index (Phi) is 2.44. The maximum absolute atomic E-state index is 9.28. The lowest BCUT2D eigenvalue weighted by Crippen LogP contribution is -2.32. The van der Waals surface area contributed by atoms with Crippen LogP contribution in [0.25, 0.3) is 0 Å². The van der Waals surface area contributed by atoms with Gasteiger partial charge in [0.15, 0.2) is 0 Å². The van der Waals surface area contributed by atoms with Crippen LogP contribution in [0.5, 0.6) is 0 Å². The number of hydrogen-bond acceptors (Lipinski definition) is 3. The maximum atomic E-state index is 9.28. The van der Waals surface area contributed by atoms with Crippen molar-refractivity contribution in [2.75, 3.05) is 0 Å². The maximum Gasteiger partial charge on any atom is 0.107 e. The minimum Gasteiger partial charge on any atom is -0.389 e. The minimum atomic E-state index is -0.958. The molecule has 1 aliphatic rings. The zero-order valence-electron chi connectivity index (χ0n) is 6.31. The summed E-state index contributed by atoms with van der Waals surface area (Å²) in [7, 11) is 0. The predicted molar refractivity (Wildman–Crippen MR) is 40.9 cm³/mol. The topological polar surface area (TPSA) is 60.7 Å². The van der Waals surface area contributed by atoms with Crippen LogP contribution in [0, 0.1) is 0 Å². The quantitative estimate of drug-likeness (QED) is 0.483. The molecular weight excluding hydrogens is 144 g/mol. The molecule has 0 aliphatic heterocycles. The Labute approximate surface area is 65.3 Å². The number of hydrogen-bond donors (Lipinski definition) is 3. The lowest BCUT2D eigenvalue weighted by atomic mass is 9.96. The third-order valence-electron chi connectivity index (χ3n) is 1.74. The molecule has 3 atom stereocenters. The Morgan fingerprint density at radius 3 is 2.55 bits per heavy atom. The fourth-order valence-electron chi connectivity index (χ4n) is 1.07. The van der Waals surface area contributed by atoms with E-state index >= 15 is 0 Å². The van der Waals surface area contributed by atoms with Crippen molar-refractivity contribution < 1.29 is 15.3 Å². The zero-order valence-corrected chi connectivity index (χ0v) is 6.31. The van der Waals surface area contributed by atoms with E-state index in [-0.39, 0.29) is 0 Å². The average Bonchev–Trinajstić information content (AvgIpc) is 1.94. The first kappa shape index (κ1) is 8.46. The zero-order chi connectivity index (χ0) is 8.43. The fraction of sp³-hybridized carbons (Fsp3) is 0.500. The van der Waals surface area contributed by atoms with E-state index in [1.807, 2.05) is 0 Å². The molecular formula is C8H12O3. The first-order valence-electron chi connectivity index (χ1n) is 3.55. The Hall–Kier alpha value is -0.640. The molecule has 0 spiro atoms. The van der Waals surface area contributed by atoms with Gasteiger partial charge in [-0.1, -0.05) is 18.2 Å². The van der Waals surface area contributed by atoms with Crippen LogP contribution in [0.4, 0.5) is 0 Å². The Balaban J connectivity index is 2.78. The van der Waals surface area contributed by atoms with Crippen molar-refractivity contribution in [3.8, 4) is 0 Å². The van der Waals surface area contributed by atoms with E-state index in [2.05, 4.69) is 0 Å². The molecule has 0 aromatic rings. The van der Waals surface area contributed by atoms with Crippen molar-refractivity contribution in [1.82, 2.24) is 0 Å². The van der Waals surface area contributed by atoms with Crippen LogP contribution < -0.4 is 0 Å². The van der Waals surface area contributed by atoms with Crippen LogP contribution in [0.15, 0.2) is 23.8 Å². The molecule has 3 heteroatoms. The number of allylic oxidation sites excluding steroid dienone is 2. The van der Waals surface area contributed by atoms with Gasteiger partial charge in [-0.05, 0) is 12.5 Å². The van der Waals surface area contributed by atoms with E-state index in [1.165, 1.54) is 6.08 Å². The lowest BCUT2D eigenvalue weighted by Gasteiger charge is -2.22. The van der Waals surface area contributed by atoms with Crippen molar-refractivity contribution in [2.24, 2.45) is 0 Å². The smallest absolute Gasteiger partial charge is 0.107 e. The largest absolute Gasteiger partial charge is 0.389 e. The molecule has 0 radical (unpaired) electrons. The van der Waals surface area contributed by atoms with Gasteiger partial charge < -0.3 is 15.3 Å². The summed E-state index contributed by atoms with van der Waals surface area (Å²) in [4.78, 5) is 0. The van der Waals surface area contributed by atoms with E-state index in [0.29, 0.717) is 5.57 Å². The monoisotopic (exact) mass is 156 g/mol. The van der Waals surface area contributed by atoms with Crippen LogP contribution >= 0.6 is 0 Å². The van der Waals surface area contributed by atoms with Gasteiger partial charge in [0.2, 0.25) is 0 Å². The van der Waals surface area contributed by atoms with Gasteiger partial charge in [-0.2, -0.15) is 0 Å². The highest BCUT2D eigenvalue weighted by Gasteiger charge is 2.23. The van der Waals surface area contributed by atoms with Crippen LogP contribution in [-0.4, -0.2) is 33.6 Å². The summed E-state index contributed by atoms with van der Waals surface area (Å²) < 4.78 is 0. The van der Waals surface area contributed by atoms with Gasteiger partial charge in [0, 0.05) is 0 Å². The van der Waals surface area contributed by atoms with E-state index in [9.17, 15) is 5.11 Å². The van der Waals surface area contributed by atoms with Crippen LogP contribution in [0.2, 0.25) is 0 Å². The highest BCUT2D eigenvalue weighted by Crippen LogP contribution is 2.16. The fourth-order valence-corrected chi connectivity index (χ4v) is 1.07. The molecule has 0 aromatic carbocycles. The van der Waals surface area contributed by atoms with E-state index < -0.39 is 18.3 Å². The first-order chi connectivity index (χ1) is 5.13. The molecule has 0 aromatic heterocycles. The van der Waals surface area contributed by atoms with Gasteiger partial charge in [-0.25, -0.2) is 0 Å². The second kappa shape index (κ2) is 3.17. The number of rotatable bonds is 1. The summed E-state index contributed by atoms with van der Waals surface area (Å²) in [5.74, 6) is 0. The van der Waals surface area contributed by atoms with Crippen molar-refractivity contribution >= 4 is 0 Å². The standard InChI is InChI=1S/C8H12O3/c1-5(9)6-3-2-4-7(10)8(6)11/h2-5,7-11H,1H3/t5-,7-,8+/m0/s1. The summed E-state index contributed by atoms with van der Waals surface area (Å²) in [5, 5.41) is 27.5. The highest BCUT2D eigenvalue weighted by molar-refractivity contribution is 5.27. The van der Waals surface area contributed by atoms with Gasteiger partial charge >= 0.3 is 0 Å². The predicted octanol–water partition coefficient (Wildman–Crippen LogP) is -0.415. The summed E-state index contributed by atoms with van der Waals surface area (Å²) >= 11 is 0. The number of aliphatic hydroxyl groups excluding tert-OH is 3. The molecule has 0 fully saturated rings. The Bertz CT molecular complexity index is 194. The van der Waals surface area contributed by atoms with Gasteiger partial charge in [0.1, 0.15) is 12.2 Å². The average molecular weight is 156 g/mol. The Morgan fingerprint density at radius 2 is 2.09 bits per heavy atom. The van der Waals surface area contributed by atoms with E-state index in [1.54, 1.807) is 19.1 Å². The molecule has 62 valence electrons. The second-order valence-corrected chi connectivity index (χ2v) is 2.66. The number of aliphatic hydroxyl groups is 3. The van der Waals surface area contributed by atoms with Crippen LogP contribution in [0.1, 0.15) is 6.92 Å². The third-order valence-corrected chi connectivity index (χ3v) is 1.74. The molecule has 0 unspecified atom stereocenters. The summed E-state index contributed by atoms with van der Waals surface area (Å²) in [5.41, 5.74) is 0.458. The molecule has 11 heavy (non-hydrogen) atoms. The third kappa shape index (κ3) is 1.68. The van der Waals surface area contributed by atoms with Crippen LogP contribution in [-0.2, 0) is 0 Å². The normalized spacial score (nSPS) is 33.3. The molecule has 1 rings (SSSR count). The van der Waals surface area contributed by atoms with Crippen molar-refractivity contribution in [3.63, 3.8) is 0 Å². The molecule has 0 saturated heterocycles. The molecule has 3 N–H and O–H groups in total. The highest BCUT2D eigenvalue weighted by atomic mass is 16.3. The first-order valence-corrected chi connectivity index (χ1v) is 3.55. The minimum absolute atomic E-state index is 0.458. The van der Waals surface area contributed by atoms with Crippen LogP contribution in [0.3, 0.4) is 0 Å². The molecule has 0 bridgehead atoms. The van der Waals surface area contributed by atoms with E-state index in [0.717, 1.165) is 0 Å². The molecule has 0 heterocycles. The van der Waals surface area contributed by atoms with Crippen molar-refractivity contribution in [3.05, 3.63) is 23.8 Å². The molecule has 0 amide bonds. The van der Waals surface area contributed by atoms with Crippen molar-refractivity contribution in [2.45, 2.75) is 25.2 Å². The Morgan fingerprint density at radius 1 is 1.45 bits per heavy atom. The molecule has 1 aliphatic carbocycles. The van der Waals surface area contributed by atoms with E-state index in [4.69, 9.17) is 10.2 Å². The van der Waals surface area contributed by atoms with Gasteiger partial charge in [0.05, 0.1) is 6.10 Å². The molecule has 0 saturated carbocycles. The van der Waals surface area contributed by atoms with Crippen molar-refractivity contribution in [1.29, 1.82) is 0 Å². The molecule has 3 nitrogen and oxygen atoms in total. The summed E-state index contributed by atoms with van der Waals surface area (Å²) in [6.45, 7) is 1.56. The summed E-state index contributed by atoms with van der Waals surface area (Å²) in [6.07, 6.45) is 2.17. The second-order valence-electron chi connectivity index (χ2n) is 2.66. The lowest BCUT2D eigenvalue weighted by molar-refractivity contribution is 0.0539. The van der Waals surface area contributed by atoms with Gasteiger partial charge in [-0.3, -0.25) is 0 Å². The van der Waals surface area contributed by atoms with Gasteiger partial charge in [0.25, 0.3) is 0 Å². The van der Waals surface area contributed by atoms with Gasteiger partial charge in [-0.15, -0.1) is 0 Å². The summed E-state index contributed by atoms with van der Waals surface area (Å²) in [6, 6.07) is 0.